The molecule has 0 aliphatic carbocycles. The summed E-state index contributed by atoms with van der Waals surface area (Å²) >= 11 is 3.51. The van der Waals surface area contributed by atoms with Crippen molar-refractivity contribution < 1.29 is 9.90 Å². The molecule has 1 aliphatic heterocycles. The van der Waals surface area contributed by atoms with Gasteiger partial charge in [-0.15, -0.1) is 0 Å². The first kappa shape index (κ1) is 18.2. The summed E-state index contributed by atoms with van der Waals surface area (Å²) in [6, 6.07) is 15.3. The lowest BCUT2D eigenvalue weighted by molar-refractivity contribution is -0.143. The van der Waals surface area contributed by atoms with E-state index in [1.807, 2.05) is 0 Å². The minimum atomic E-state index is -0.661. The Balaban J connectivity index is 1.95. The molecule has 3 nitrogen and oxygen atoms in total. The summed E-state index contributed by atoms with van der Waals surface area (Å²) in [5.41, 5.74) is 5.06. The number of benzene rings is 2. The van der Waals surface area contributed by atoms with E-state index in [0.29, 0.717) is 12.8 Å². The molecule has 4 heteroatoms. The molecule has 0 radical (unpaired) electrons. The highest BCUT2D eigenvalue weighted by atomic mass is 79.9. The molecular formula is C21H24BrNO2. The molecule has 0 spiro atoms. The zero-order chi connectivity index (χ0) is 18.0. The van der Waals surface area contributed by atoms with Crippen LogP contribution in [0.25, 0.3) is 0 Å². The van der Waals surface area contributed by atoms with Gasteiger partial charge >= 0.3 is 5.97 Å². The number of nitrogens with zero attached hydrogens (tertiary/aromatic N) is 1. The molecular weight excluding hydrogens is 378 g/mol. The zero-order valence-corrected chi connectivity index (χ0v) is 16.3. The van der Waals surface area contributed by atoms with E-state index in [1.165, 1.54) is 22.3 Å². The van der Waals surface area contributed by atoms with E-state index in [2.05, 4.69) is 77.1 Å². The van der Waals surface area contributed by atoms with Crippen LogP contribution in [0.4, 0.5) is 0 Å². The number of aliphatic carboxylic acids is 1. The molecule has 1 N–H and O–H groups in total. The van der Waals surface area contributed by atoms with Gasteiger partial charge in [0.1, 0.15) is 0 Å². The predicted molar refractivity (Wildman–Crippen MR) is 104 cm³/mol. The Bertz CT molecular complexity index is 729. The van der Waals surface area contributed by atoms with Crippen LogP contribution in [0, 0.1) is 19.8 Å². The third-order valence-electron chi connectivity index (χ3n) is 4.99. The van der Waals surface area contributed by atoms with Crippen LogP contribution in [0.15, 0.2) is 46.9 Å². The van der Waals surface area contributed by atoms with Gasteiger partial charge in [0.05, 0.1) is 12.0 Å². The van der Waals surface area contributed by atoms with E-state index in [9.17, 15) is 9.90 Å². The topological polar surface area (TPSA) is 40.5 Å². The van der Waals surface area contributed by atoms with Crippen LogP contribution in [0.3, 0.4) is 0 Å². The quantitative estimate of drug-likeness (QED) is 0.787. The number of carboxylic acid groups (broad SMARTS) is 1. The molecule has 0 amide bonds. The van der Waals surface area contributed by atoms with Crippen LogP contribution in [0.2, 0.25) is 0 Å². The average Bonchev–Trinajstić information content (AvgIpc) is 2.56. The normalized spacial score (nSPS) is 17.4. The smallest absolute Gasteiger partial charge is 0.306 e. The lowest BCUT2D eigenvalue weighted by atomic mass is 9.90. The van der Waals surface area contributed by atoms with Gasteiger partial charge in [0, 0.05) is 4.47 Å². The number of hydrogen-bond acceptors (Lipinski definition) is 2. The summed E-state index contributed by atoms with van der Waals surface area (Å²) in [4.78, 5) is 13.7. The number of carbonyl (C=O) groups is 1. The Kier molecular flexibility index (Phi) is 5.60. The third-order valence-corrected chi connectivity index (χ3v) is 5.52. The number of likely N-dealkylation sites (tertiary alicyclic amines) is 1. The summed E-state index contributed by atoms with van der Waals surface area (Å²) in [7, 11) is 0. The summed E-state index contributed by atoms with van der Waals surface area (Å²) in [5.74, 6) is -0.868. The van der Waals surface area contributed by atoms with Gasteiger partial charge in [-0.3, -0.25) is 9.69 Å². The van der Waals surface area contributed by atoms with Gasteiger partial charge < -0.3 is 5.11 Å². The molecule has 1 fully saturated rings. The summed E-state index contributed by atoms with van der Waals surface area (Å²) in [6.07, 6.45) is 1.43. The van der Waals surface area contributed by atoms with Crippen molar-refractivity contribution in [2.45, 2.75) is 32.7 Å². The Morgan fingerprint density at radius 3 is 2.12 bits per heavy atom. The number of hydrogen-bond donors (Lipinski definition) is 1. The molecule has 132 valence electrons. The minimum absolute atomic E-state index is 0.168. The molecule has 1 heterocycles. The minimum Gasteiger partial charge on any atom is -0.481 e. The standard InChI is InChI=1S/C21H24BrNO2/c1-14-11-15(2)13-18(12-14)20(16-3-5-19(22)6-4-16)23-9-7-17(8-10-23)21(24)25/h3-6,11-13,17,20H,7-10H2,1-2H3,(H,24,25). The van der Waals surface area contributed by atoms with E-state index >= 15 is 0 Å². The van der Waals surface area contributed by atoms with Crippen molar-refractivity contribution in [2.24, 2.45) is 5.92 Å². The van der Waals surface area contributed by atoms with Crippen LogP contribution in [0.5, 0.6) is 0 Å². The van der Waals surface area contributed by atoms with Crippen LogP contribution in [-0.4, -0.2) is 29.1 Å². The number of halogens is 1. The average molecular weight is 402 g/mol. The highest BCUT2D eigenvalue weighted by Crippen LogP contribution is 2.34. The molecule has 2 aromatic carbocycles. The first-order valence-corrected chi connectivity index (χ1v) is 9.54. The Hall–Kier alpha value is -1.65. The van der Waals surface area contributed by atoms with E-state index in [1.54, 1.807) is 0 Å². The van der Waals surface area contributed by atoms with Gasteiger partial charge in [0.2, 0.25) is 0 Å². The van der Waals surface area contributed by atoms with Crippen molar-refractivity contribution in [1.82, 2.24) is 4.90 Å². The highest BCUT2D eigenvalue weighted by molar-refractivity contribution is 9.10. The zero-order valence-electron chi connectivity index (χ0n) is 14.7. The maximum Gasteiger partial charge on any atom is 0.306 e. The van der Waals surface area contributed by atoms with Crippen LogP contribution >= 0.6 is 15.9 Å². The molecule has 1 aliphatic rings. The first-order chi connectivity index (χ1) is 11.9. The first-order valence-electron chi connectivity index (χ1n) is 8.74. The maximum atomic E-state index is 11.3. The summed E-state index contributed by atoms with van der Waals surface area (Å²) < 4.78 is 1.07. The van der Waals surface area contributed by atoms with Crippen molar-refractivity contribution in [3.8, 4) is 0 Å². The number of rotatable bonds is 4. The van der Waals surface area contributed by atoms with Gasteiger partial charge in [-0.05, 0) is 63.0 Å². The number of piperidine rings is 1. The van der Waals surface area contributed by atoms with Crippen molar-refractivity contribution >= 4 is 21.9 Å². The Morgan fingerprint density at radius 2 is 1.60 bits per heavy atom. The van der Waals surface area contributed by atoms with E-state index in [0.717, 1.165) is 17.6 Å². The van der Waals surface area contributed by atoms with Gasteiger partial charge in [-0.25, -0.2) is 0 Å². The molecule has 25 heavy (non-hydrogen) atoms. The molecule has 0 saturated carbocycles. The molecule has 0 bridgehead atoms. The van der Waals surface area contributed by atoms with E-state index in [-0.39, 0.29) is 12.0 Å². The molecule has 1 atom stereocenters. The van der Waals surface area contributed by atoms with Crippen LogP contribution < -0.4 is 0 Å². The summed E-state index contributed by atoms with van der Waals surface area (Å²) in [6.45, 7) is 5.88. The lowest BCUT2D eigenvalue weighted by Gasteiger charge is -2.37. The molecule has 3 rings (SSSR count). The second kappa shape index (κ2) is 7.71. The van der Waals surface area contributed by atoms with Gasteiger partial charge in [-0.1, -0.05) is 57.4 Å². The molecule has 1 saturated heterocycles. The second-order valence-electron chi connectivity index (χ2n) is 7.02. The van der Waals surface area contributed by atoms with E-state index < -0.39 is 5.97 Å². The van der Waals surface area contributed by atoms with Crippen molar-refractivity contribution in [1.29, 1.82) is 0 Å². The fraction of sp³-hybridized carbons (Fsp3) is 0.381. The number of carboxylic acids is 1. The molecule has 2 aromatic rings. The fourth-order valence-corrected chi connectivity index (χ4v) is 4.10. The van der Waals surface area contributed by atoms with Crippen LogP contribution in [0.1, 0.15) is 41.1 Å². The lowest BCUT2D eigenvalue weighted by Crippen LogP contribution is -2.39. The highest BCUT2D eigenvalue weighted by Gasteiger charge is 2.30. The van der Waals surface area contributed by atoms with Crippen LogP contribution in [-0.2, 0) is 4.79 Å². The van der Waals surface area contributed by atoms with Crippen molar-refractivity contribution in [2.75, 3.05) is 13.1 Å². The van der Waals surface area contributed by atoms with Crippen molar-refractivity contribution in [3.05, 3.63) is 69.2 Å². The molecule has 0 aromatic heterocycles. The largest absolute Gasteiger partial charge is 0.481 e. The second-order valence-corrected chi connectivity index (χ2v) is 7.94. The monoisotopic (exact) mass is 401 g/mol. The summed E-state index contributed by atoms with van der Waals surface area (Å²) in [5, 5.41) is 9.28. The Morgan fingerprint density at radius 1 is 1.04 bits per heavy atom. The van der Waals surface area contributed by atoms with Crippen molar-refractivity contribution in [3.63, 3.8) is 0 Å². The number of aryl methyl sites for hydroxylation is 2. The van der Waals surface area contributed by atoms with Gasteiger partial charge in [-0.2, -0.15) is 0 Å². The fourth-order valence-electron chi connectivity index (χ4n) is 3.83. The Labute approximate surface area is 157 Å². The SMILES string of the molecule is Cc1cc(C)cc(C(c2ccc(Br)cc2)N2CCC(C(=O)O)CC2)c1. The van der Waals surface area contributed by atoms with Gasteiger partial charge in [0.15, 0.2) is 0 Å². The molecule has 1 unspecified atom stereocenters. The maximum absolute atomic E-state index is 11.3. The van der Waals surface area contributed by atoms with Gasteiger partial charge in [0.25, 0.3) is 0 Å². The third kappa shape index (κ3) is 4.31. The predicted octanol–water partition coefficient (Wildman–Crippen LogP) is 4.95. The van der Waals surface area contributed by atoms with E-state index in [4.69, 9.17) is 0 Å².